The lowest BCUT2D eigenvalue weighted by Crippen LogP contribution is -2.47. The molecule has 1 N–H and O–H groups in total. The number of hydrogen-bond donors (Lipinski definition) is 1. The van der Waals surface area contributed by atoms with Crippen LogP contribution in [-0.2, 0) is 4.79 Å². The Balaban J connectivity index is 2.10. The molecule has 126 valence electrons. The number of nitrogens with one attached hydrogen (secondary N) is 1. The fraction of sp³-hybridized carbons (Fsp3) is 0.562. The summed E-state index contributed by atoms with van der Waals surface area (Å²) in [6, 6.07) is 5.19. The van der Waals surface area contributed by atoms with Gasteiger partial charge in [-0.1, -0.05) is 6.07 Å². The average Bonchev–Trinajstić information content (AvgIpc) is 2.51. The summed E-state index contributed by atoms with van der Waals surface area (Å²) < 4.78 is 5.30. The second kappa shape index (κ2) is 7.41. The molecule has 1 fully saturated rings. The minimum Gasteiger partial charge on any atom is -0.487 e. The van der Waals surface area contributed by atoms with Crippen LogP contribution in [0.2, 0.25) is 0 Å². The molecule has 7 nitrogen and oxygen atoms in total. The fourth-order valence-corrected chi connectivity index (χ4v) is 2.82. The molecule has 0 saturated carbocycles. The lowest BCUT2D eigenvalue weighted by atomic mass is 10.0. The van der Waals surface area contributed by atoms with E-state index in [2.05, 4.69) is 5.32 Å². The van der Waals surface area contributed by atoms with Gasteiger partial charge in [0.05, 0.1) is 11.5 Å². The lowest BCUT2D eigenvalue weighted by Gasteiger charge is -2.32. The van der Waals surface area contributed by atoms with Crippen LogP contribution in [0, 0.1) is 10.1 Å². The van der Waals surface area contributed by atoms with Crippen LogP contribution < -0.4 is 10.1 Å². The van der Waals surface area contributed by atoms with Crippen molar-refractivity contribution >= 4 is 11.6 Å². The molecule has 1 saturated heterocycles. The molecule has 1 aliphatic rings. The Morgan fingerprint density at radius 3 is 2.87 bits per heavy atom. The van der Waals surface area contributed by atoms with Crippen LogP contribution in [-0.4, -0.2) is 42.0 Å². The number of amides is 1. The Morgan fingerprint density at radius 1 is 1.52 bits per heavy atom. The van der Waals surface area contributed by atoms with E-state index in [1.807, 2.05) is 13.0 Å². The van der Waals surface area contributed by atoms with E-state index >= 15 is 0 Å². The molecule has 1 heterocycles. The maximum atomic E-state index is 11.5. The number of nitrogens with zero attached hydrogens (tertiary/aromatic N) is 2. The highest BCUT2D eigenvalue weighted by atomic mass is 16.6. The highest BCUT2D eigenvalue weighted by Gasteiger charge is 2.25. The smallest absolute Gasteiger partial charge is 0.311 e. The summed E-state index contributed by atoms with van der Waals surface area (Å²) in [7, 11) is 1.79. The van der Waals surface area contributed by atoms with Crippen LogP contribution >= 0.6 is 0 Å². The number of benzene rings is 1. The Kier molecular flexibility index (Phi) is 5.54. The third kappa shape index (κ3) is 4.19. The van der Waals surface area contributed by atoms with Crippen molar-refractivity contribution in [3.63, 3.8) is 0 Å². The Morgan fingerprint density at radius 2 is 2.26 bits per heavy atom. The van der Waals surface area contributed by atoms with Gasteiger partial charge in [-0.15, -0.1) is 0 Å². The summed E-state index contributed by atoms with van der Waals surface area (Å²) in [4.78, 5) is 24.0. The summed E-state index contributed by atoms with van der Waals surface area (Å²) in [5, 5.41) is 14.6. The van der Waals surface area contributed by atoms with Gasteiger partial charge in [0.25, 0.3) is 0 Å². The van der Waals surface area contributed by atoms with Crippen LogP contribution in [0.5, 0.6) is 5.75 Å². The summed E-state index contributed by atoms with van der Waals surface area (Å²) >= 11 is 0. The van der Waals surface area contributed by atoms with E-state index in [-0.39, 0.29) is 29.4 Å². The maximum absolute atomic E-state index is 11.5. The first kappa shape index (κ1) is 17.2. The molecule has 0 bridgehead atoms. The SMILES string of the molecule is CCOc1ccc([C@@H](C)N[C@H]2CCC(=O)N(C)C2)cc1[N+](=O)[O-]. The van der Waals surface area contributed by atoms with E-state index in [1.54, 1.807) is 31.0 Å². The van der Waals surface area contributed by atoms with Gasteiger partial charge < -0.3 is 15.0 Å². The number of piperidine rings is 1. The Labute approximate surface area is 135 Å². The Bertz CT molecular complexity index is 591. The highest BCUT2D eigenvalue weighted by Crippen LogP contribution is 2.30. The van der Waals surface area contributed by atoms with Crippen LogP contribution in [0.4, 0.5) is 5.69 Å². The number of nitro groups is 1. The van der Waals surface area contributed by atoms with Crippen molar-refractivity contribution in [2.24, 2.45) is 0 Å². The molecule has 1 aromatic carbocycles. The number of carbonyl (C=O) groups excluding carboxylic acids is 1. The number of nitro benzene ring substituents is 1. The molecule has 0 radical (unpaired) electrons. The molecular formula is C16H23N3O4. The predicted molar refractivity (Wildman–Crippen MR) is 86.5 cm³/mol. The maximum Gasteiger partial charge on any atom is 0.311 e. The van der Waals surface area contributed by atoms with Crippen LogP contribution in [0.15, 0.2) is 18.2 Å². The van der Waals surface area contributed by atoms with E-state index in [1.165, 1.54) is 0 Å². The van der Waals surface area contributed by atoms with Crippen molar-refractivity contribution in [3.8, 4) is 5.75 Å². The molecule has 1 amide bonds. The van der Waals surface area contributed by atoms with Crippen molar-refractivity contribution in [3.05, 3.63) is 33.9 Å². The van der Waals surface area contributed by atoms with Crippen molar-refractivity contribution in [1.82, 2.24) is 10.2 Å². The topological polar surface area (TPSA) is 84.7 Å². The summed E-state index contributed by atoms with van der Waals surface area (Å²) in [5.74, 6) is 0.448. The lowest BCUT2D eigenvalue weighted by molar-refractivity contribution is -0.385. The summed E-state index contributed by atoms with van der Waals surface area (Å²) in [5.41, 5.74) is 0.814. The molecule has 1 aliphatic heterocycles. The van der Waals surface area contributed by atoms with Gasteiger partial charge in [0.15, 0.2) is 5.75 Å². The zero-order valence-corrected chi connectivity index (χ0v) is 13.7. The predicted octanol–water partition coefficient (Wildman–Crippen LogP) is 2.26. The van der Waals surface area contributed by atoms with Crippen molar-refractivity contribution in [1.29, 1.82) is 0 Å². The van der Waals surface area contributed by atoms with Gasteiger partial charge in [-0.05, 0) is 31.9 Å². The third-order valence-electron chi connectivity index (χ3n) is 4.09. The zero-order chi connectivity index (χ0) is 17.0. The van der Waals surface area contributed by atoms with Gasteiger partial charge in [0, 0.05) is 38.2 Å². The molecule has 0 unspecified atom stereocenters. The zero-order valence-electron chi connectivity index (χ0n) is 13.7. The normalized spacial score (nSPS) is 19.5. The molecule has 0 spiro atoms. The number of carbonyl (C=O) groups is 1. The first-order chi connectivity index (χ1) is 10.9. The van der Waals surface area contributed by atoms with E-state index in [0.717, 1.165) is 12.0 Å². The van der Waals surface area contributed by atoms with Crippen molar-refractivity contribution in [2.45, 2.75) is 38.8 Å². The first-order valence-electron chi connectivity index (χ1n) is 7.83. The standard InChI is InChI=1S/C16H23N3O4/c1-4-23-15-7-5-12(9-14(15)19(21)22)11(2)17-13-6-8-16(20)18(3)10-13/h5,7,9,11,13,17H,4,6,8,10H2,1-3H3/t11-,13+/m1/s1. The van der Waals surface area contributed by atoms with E-state index in [4.69, 9.17) is 4.74 Å². The molecule has 0 aliphatic carbocycles. The molecule has 7 heteroatoms. The molecule has 0 aromatic heterocycles. The van der Waals surface area contributed by atoms with Crippen LogP contribution in [0.3, 0.4) is 0 Å². The number of likely N-dealkylation sites (tertiary alicyclic amines) is 1. The highest BCUT2D eigenvalue weighted by molar-refractivity contribution is 5.76. The van der Waals surface area contributed by atoms with Crippen molar-refractivity contribution < 1.29 is 14.5 Å². The molecular weight excluding hydrogens is 298 g/mol. The van der Waals surface area contributed by atoms with E-state index in [9.17, 15) is 14.9 Å². The molecule has 1 aromatic rings. The first-order valence-corrected chi connectivity index (χ1v) is 7.83. The number of ether oxygens (including phenoxy) is 1. The largest absolute Gasteiger partial charge is 0.487 e. The van der Waals surface area contributed by atoms with Gasteiger partial charge in [-0.25, -0.2) is 0 Å². The van der Waals surface area contributed by atoms with Gasteiger partial charge in [0.2, 0.25) is 5.91 Å². The third-order valence-corrected chi connectivity index (χ3v) is 4.09. The van der Waals surface area contributed by atoms with Gasteiger partial charge >= 0.3 is 5.69 Å². The second-order valence-corrected chi connectivity index (χ2v) is 5.82. The quantitative estimate of drug-likeness (QED) is 0.642. The monoisotopic (exact) mass is 321 g/mol. The van der Waals surface area contributed by atoms with Gasteiger partial charge in [0.1, 0.15) is 0 Å². The van der Waals surface area contributed by atoms with E-state index in [0.29, 0.717) is 19.6 Å². The van der Waals surface area contributed by atoms with Gasteiger partial charge in [-0.3, -0.25) is 14.9 Å². The number of likely N-dealkylation sites (N-methyl/N-ethyl adjacent to an activating group) is 1. The van der Waals surface area contributed by atoms with Crippen LogP contribution in [0.25, 0.3) is 0 Å². The summed E-state index contributed by atoms with van der Waals surface area (Å²) in [6.45, 7) is 4.80. The van der Waals surface area contributed by atoms with Crippen molar-refractivity contribution in [2.75, 3.05) is 20.2 Å². The number of hydrogen-bond acceptors (Lipinski definition) is 5. The van der Waals surface area contributed by atoms with Gasteiger partial charge in [-0.2, -0.15) is 0 Å². The summed E-state index contributed by atoms with van der Waals surface area (Å²) in [6.07, 6.45) is 1.32. The molecule has 23 heavy (non-hydrogen) atoms. The fourth-order valence-electron chi connectivity index (χ4n) is 2.82. The average molecular weight is 321 g/mol. The Hall–Kier alpha value is -2.15. The van der Waals surface area contributed by atoms with Crippen LogP contribution in [0.1, 0.15) is 38.3 Å². The molecule has 2 rings (SSSR count). The van der Waals surface area contributed by atoms with E-state index < -0.39 is 4.92 Å². The number of rotatable bonds is 6. The minimum atomic E-state index is -0.422. The second-order valence-electron chi connectivity index (χ2n) is 5.82. The minimum absolute atomic E-state index is 0.0195. The molecule has 2 atom stereocenters.